The van der Waals surface area contributed by atoms with Gasteiger partial charge in [-0.15, -0.1) is 0 Å². The van der Waals surface area contributed by atoms with Crippen molar-refractivity contribution in [2.24, 2.45) is 0 Å². The van der Waals surface area contributed by atoms with Crippen LogP contribution in [0.15, 0.2) is 47.6 Å². The zero-order valence-corrected chi connectivity index (χ0v) is 14.3. The van der Waals surface area contributed by atoms with Crippen molar-refractivity contribution < 1.29 is 0 Å². The van der Waals surface area contributed by atoms with E-state index in [4.69, 9.17) is 0 Å². The average Bonchev–Trinajstić information content (AvgIpc) is 2.52. The normalized spacial score (nSPS) is 12.5. The van der Waals surface area contributed by atoms with Crippen molar-refractivity contribution in [1.29, 1.82) is 0 Å². The predicted molar refractivity (Wildman–Crippen MR) is 100 cm³/mol. The third-order valence-electron chi connectivity index (χ3n) is 3.44. The first kappa shape index (κ1) is 22.0. The molecule has 0 bridgehead atoms. The van der Waals surface area contributed by atoms with E-state index < -0.39 is 0 Å². The van der Waals surface area contributed by atoms with E-state index in [-0.39, 0.29) is 7.43 Å². The second-order valence-corrected chi connectivity index (χ2v) is 4.62. The number of allylic oxidation sites excluding steroid dienone is 4. The fourth-order valence-corrected chi connectivity index (χ4v) is 2.31. The summed E-state index contributed by atoms with van der Waals surface area (Å²) in [5, 5.41) is 0. The Morgan fingerprint density at radius 2 is 1.38 bits per heavy atom. The first-order valence-electron chi connectivity index (χ1n) is 8.18. The Labute approximate surface area is 134 Å². The fourth-order valence-electron chi connectivity index (χ4n) is 2.31. The molecule has 0 N–H and O–H groups in total. The summed E-state index contributed by atoms with van der Waals surface area (Å²) >= 11 is 0. The monoisotopic (exact) mass is 288 g/mol. The largest absolute Gasteiger partial charge is 0.0810 e. The number of rotatable bonds is 3. The fraction of sp³-hybridized carbons (Fsp3) is 0.524. The van der Waals surface area contributed by atoms with Crippen molar-refractivity contribution in [3.05, 3.63) is 58.7 Å². The van der Waals surface area contributed by atoms with Gasteiger partial charge in [0.15, 0.2) is 0 Å². The van der Waals surface area contributed by atoms with Crippen LogP contribution in [0.25, 0.3) is 0 Å². The van der Waals surface area contributed by atoms with Gasteiger partial charge in [-0.1, -0.05) is 77.1 Å². The minimum absolute atomic E-state index is 0. The highest BCUT2D eigenvalue weighted by atomic mass is 14.1. The van der Waals surface area contributed by atoms with Gasteiger partial charge < -0.3 is 0 Å². The second kappa shape index (κ2) is 13.7. The molecule has 1 aliphatic carbocycles. The maximum atomic E-state index is 2.41. The van der Waals surface area contributed by atoms with Gasteiger partial charge in [-0.05, 0) is 56.2 Å². The third kappa shape index (κ3) is 7.90. The van der Waals surface area contributed by atoms with E-state index in [1.807, 2.05) is 27.7 Å². The Hall–Kier alpha value is -1.30. The van der Waals surface area contributed by atoms with Gasteiger partial charge in [-0.25, -0.2) is 0 Å². The average molecular weight is 289 g/mol. The molecular formula is C21H36. The molecule has 21 heavy (non-hydrogen) atoms. The minimum atomic E-state index is 0. The molecule has 2 rings (SSSR count). The maximum Gasteiger partial charge on any atom is -0.0236 e. The lowest BCUT2D eigenvalue weighted by Crippen LogP contribution is -1.96. The number of aryl methyl sites for hydroxylation is 2. The lowest BCUT2D eigenvalue weighted by atomic mass is 9.93. The molecule has 0 spiro atoms. The quantitative estimate of drug-likeness (QED) is 0.548. The highest BCUT2D eigenvalue weighted by Gasteiger charge is 2.05. The molecule has 1 aromatic rings. The van der Waals surface area contributed by atoms with Crippen molar-refractivity contribution >= 4 is 0 Å². The summed E-state index contributed by atoms with van der Waals surface area (Å²) in [5.41, 5.74) is 5.94. The van der Waals surface area contributed by atoms with Gasteiger partial charge >= 0.3 is 0 Å². The molecule has 0 saturated carbocycles. The van der Waals surface area contributed by atoms with E-state index >= 15 is 0 Å². The van der Waals surface area contributed by atoms with Gasteiger partial charge in [-0.2, -0.15) is 0 Å². The van der Waals surface area contributed by atoms with Crippen LogP contribution in [-0.4, -0.2) is 0 Å². The molecule has 0 aliphatic heterocycles. The van der Waals surface area contributed by atoms with Crippen LogP contribution in [-0.2, 0) is 6.42 Å². The maximum absolute atomic E-state index is 2.41. The van der Waals surface area contributed by atoms with Gasteiger partial charge in [0.2, 0.25) is 0 Å². The lowest BCUT2D eigenvalue weighted by molar-refractivity contribution is 0.890. The number of hydrogen-bond acceptors (Lipinski definition) is 0. The molecular weight excluding hydrogens is 252 g/mol. The standard InChI is InChI=1S/C16H20.2C2H6.CH4/c1-13-7-3-5-9-15(13)11-12-16-10-6-4-8-14(16)2;2*1-2;/h3,5,7-10H,4,6,11-12H2,1-2H3;2*1-2H3;1H4. The molecule has 1 aromatic carbocycles. The molecule has 0 fully saturated rings. The van der Waals surface area contributed by atoms with Crippen LogP contribution in [0.1, 0.15) is 72.4 Å². The van der Waals surface area contributed by atoms with Crippen molar-refractivity contribution in [3.8, 4) is 0 Å². The summed E-state index contributed by atoms with van der Waals surface area (Å²) in [5.74, 6) is 0. The first-order valence-corrected chi connectivity index (χ1v) is 8.18. The van der Waals surface area contributed by atoms with Crippen molar-refractivity contribution in [2.45, 2.75) is 74.7 Å². The van der Waals surface area contributed by atoms with Crippen LogP contribution in [0.3, 0.4) is 0 Å². The smallest absolute Gasteiger partial charge is 0.0236 e. The summed E-state index contributed by atoms with van der Waals surface area (Å²) < 4.78 is 0. The van der Waals surface area contributed by atoms with Crippen LogP contribution >= 0.6 is 0 Å². The minimum Gasteiger partial charge on any atom is -0.0810 e. The molecule has 1 aliphatic rings. The number of hydrogen-bond donors (Lipinski definition) is 0. The second-order valence-electron chi connectivity index (χ2n) is 4.62. The summed E-state index contributed by atoms with van der Waals surface area (Å²) in [6, 6.07) is 8.70. The lowest BCUT2D eigenvalue weighted by Gasteiger charge is -2.13. The van der Waals surface area contributed by atoms with Crippen LogP contribution in [0.2, 0.25) is 0 Å². The molecule has 0 heterocycles. The zero-order chi connectivity index (χ0) is 15.4. The molecule has 0 saturated heterocycles. The Morgan fingerprint density at radius 1 is 0.810 bits per heavy atom. The van der Waals surface area contributed by atoms with Gasteiger partial charge in [0.05, 0.1) is 0 Å². The van der Waals surface area contributed by atoms with Crippen LogP contribution in [0, 0.1) is 6.92 Å². The topological polar surface area (TPSA) is 0 Å². The molecule has 0 amide bonds. The van der Waals surface area contributed by atoms with Crippen LogP contribution < -0.4 is 0 Å². The SMILES string of the molecule is C.CC.CC.CC1=CCCC=C1CCc1ccccc1C. The van der Waals surface area contributed by atoms with Crippen LogP contribution in [0.4, 0.5) is 0 Å². The molecule has 0 radical (unpaired) electrons. The van der Waals surface area contributed by atoms with Gasteiger partial charge in [-0.3, -0.25) is 0 Å². The molecule has 0 nitrogen and oxygen atoms in total. The van der Waals surface area contributed by atoms with E-state index in [1.54, 1.807) is 5.57 Å². The predicted octanol–water partition coefficient (Wildman–Crippen LogP) is 7.28. The summed E-state index contributed by atoms with van der Waals surface area (Å²) in [7, 11) is 0. The van der Waals surface area contributed by atoms with E-state index in [1.165, 1.54) is 42.4 Å². The Kier molecular flexibility index (Phi) is 14.3. The van der Waals surface area contributed by atoms with E-state index in [0.29, 0.717) is 0 Å². The molecule has 120 valence electrons. The van der Waals surface area contributed by atoms with Gasteiger partial charge in [0.1, 0.15) is 0 Å². The molecule has 0 heteroatoms. The molecule has 0 atom stereocenters. The summed E-state index contributed by atoms with van der Waals surface area (Å²) in [4.78, 5) is 0. The summed E-state index contributed by atoms with van der Waals surface area (Å²) in [6.45, 7) is 12.4. The van der Waals surface area contributed by atoms with E-state index in [9.17, 15) is 0 Å². The van der Waals surface area contributed by atoms with Gasteiger partial charge in [0.25, 0.3) is 0 Å². The van der Waals surface area contributed by atoms with Crippen molar-refractivity contribution in [1.82, 2.24) is 0 Å². The summed E-state index contributed by atoms with van der Waals surface area (Å²) in [6.07, 6.45) is 9.58. The van der Waals surface area contributed by atoms with E-state index in [0.717, 1.165) is 0 Å². The Bertz CT molecular complexity index is 421. The molecule has 0 unspecified atom stereocenters. The Balaban J connectivity index is 0. The third-order valence-corrected chi connectivity index (χ3v) is 3.44. The highest BCUT2D eigenvalue weighted by Crippen LogP contribution is 2.23. The van der Waals surface area contributed by atoms with Crippen molar-refractivity contribution in [2.75, 3.05) is 0 Å². The van der Waals surface area contributed by atoms with E-state index in [2.05, 4.69) is 50.3 Å². The zero-order valence-electron chi connectivity index (χ0n) is 14.3. The van der Waals surface area contributed by atoms with Crippen LogP contribution in [0.5, 0.6) is 0 Å². The number of benzene rings is 1. The highest BCUT2D eigenvalue weighted by molar-refractivity contribution is 5.34. The van der Waals surface area contributed by atoms with Gasteiger partial charge in [0, 0.05) is 0 Å². The molecule has 0 aromatic heterocycles. The van der Waals surface area contributed by atoms with Crippen molar-refractivity contribution in [3.63, 3.8) is 0 Å². The first-order chi connectivity index (χ1) is 9.77. The Morgan fingerprint density at radius 3 is 1.95 bits per heavy atom.